The van der Waals surface area contributed by atoms with Crippen molar-refractivity contribution < 1.29 is 13.9 Å². The van der Waals surface area contributed by atoms with Gasteiger partial charge in [0.2, 0.25) is 0 Å². The normalized spacial score (nSPS) is 25.3. The molecule has 1 aliphatic rings. The second-order valence-electron chi connectivity index (χ2n) is 5.28. The van der Waals surface area contributed by atoms with Crippen LogP contribution in [-0.4, -0.2) is 31.4 Å². The van der Waals surface area contributed by atoms with Gasteiger partial charge in [0, 0.05) is 25.1 Å². The number of hydrogen-bond acceptors (Lipinski definition) is 3. The van der Waals surface area contributed by atoms with Gasteiger partial charge in [0.25, 0.3) is 0 Å². The average molecular weight is 281 g/mol. The molecule has 2 rings (SSSR count). The topological polar surface area (TPSA) is 30.5 Å². The van der Waals surface area contributed by atoms with E-state index in [1.165, 1.54) is 12.1 Å². The number of benzene rings is 1. The highest BCUT2D eigenvalue weighted by molar-refractivity contribution is 5.33. The van der Waals surface area contributed by atoms with Gasteiger partial charge in [0.05, 0.1) is 0 Å². The maximum atomic E-state index is 13.3. The van der Waals surface area contributed by atoms with Crippen molar-refractivity contribution in [3.8, 4) is 5.75 Å². The maximum absolute atomic E-state index is 13.3. The molecule has 1 aromatic carbocycles. The summed E-state index contributed by atoms with van der Waals surface area (Å²) in [7, 11) is 0. The summed E-state index contributed by atoms with van der Waals surface area (Å²) in [6.07, 6.45) is 2.06. The molecule has 1 saturated carbocycles. The standard InChI is InChI=1S/C16H24FNO2/c1-4-8-18-13-10-15(16(13)19-5-2)20-14-9-12(17)7-6-11(14)3/h6-7,9,13,15-16,18H,4-5,8,10H2,1-3H3. The van der Waals surface area contributed by atoms with Crippen LogP contribution in [0.3, 0.4) is 0 Å². The molecule has 0 saturated heterocycles. The molecule has 1 aromatic rings. The molecular weight excluding hydrogens is 257 g/mol. The van der Waals surface area contributed by atoms with Crippen molar-refractivity contribution in [1.82, 2.24) is 5.32 Å². The van der Waals surface area contributed by atoms with Crippen molar-refractivity contribution >= 4 is 0 Å². The molecule has 3 nitrogen and oxygen atoms in total. The Morgan fingerprint density at radius 2 is 2.15 bits per heavy atom. The second kappa shape index (κ2) is 7.04. The fourth-order valence-corrected chi connectivity index (χ4v) is 2.51. The summed E-state index contributed by atoms with van der Waals surface area (Å²) in [5.41, 5.74) is 0.951. The summed E-state index contributed by atoms with van der Waals surface area (Å²) < 4.78 is 25.0. The van der Waals surface area contributed by atoms with Gasteiger partial charge in [-0.15, -0.1) is 0 Å². The van der Waals surface area contributed by atoms with Crippen LogP contribution in [0.2, 0.25) is 0 Å². The highest BCUT2D eigenvalue weighted by atomic mass is 19.1. The minimum absolute atomic E-state index is 0.00445. The fraction of sp³-hybridized carbons (Fsp3) is 0.625. The highest BCUT2D eigenvalue weighted by Gasteiger charge is 2.43. The quantitative estimate of drug-likeness (QED) is 0.833. The summed E-state index contributed by atoms with van der Waals surface area (Å²) in [6, 6.07) is 4.99. The van der Waals surface area contributed by atoms with Gasteiger partial charge in [-0.2, -0.15) is 0 Å². The lowest BCUT2D eigenvalue weighted by molar-refractivity contribution is -0.104. The zero-order valence-corrected chi connectivity index (χ0v) is 12.5. The lowest BCUT2D eigenvalue weighted by atomic mass is 9.85. The Morgan fingerprint density at radius 3 is 2.85 bits per heavy atom. The van der Waals surface area contributed by atoms with Crippen LogP contribution in [0.1, 0.15) is 32.3 Å². The summed E-state index contributed by atoms with van der Waals surface area (Å²) in [5, 5.41) is 3.47. The minimum atomic E-state index is -0.265. The molecule has 0 heterocycles. The van der Waals surface area contributed by atoms with Gasteiger partial charge < -0.3 is 14.8 Å². The van der Waals surface area contributed by atoms with Crippen LogP contribution in [0.15, 0.2) is 18.2 Å². The van der Waals surface area contributed by atoms with Gasteiger partial charge in [0.1, 0.15) is 23.8 Å². The number of halogens is 1. The summed E-state index contributed by atoms with van der Waals surface area (Å²) in [6.45, 7) is 7.71. The number of nitrogens with one attached hydrogen (secondary N) is 1. The first kappa shape index (κ1) is 15.3. The molecule has 4 heteroatoms. The Balaban J connectivity index is 1.97. The lowest BCUT2D eigenvalue weighted by Crippen LogP contribution is -2.61. The van der Waals surface area contributed by atoms with Crippen LogP contribution in [0, 0.1) is 12.7 Å². The van der Waals surface area contributed by atoms with E-state index in [1.807, 2.05) is 13.8 Å². The Bertz CT molecular complexity index is 438. The van der Waals surface area contributed by atoms with Crippen molar-refractivity contribution in [2.24, 2.45) is 0 Å². The molecule has 20 heavy (non-hydrogen) atoms. The van der Waals surface area contributed by atoms with Gasteiger partial charge in [0.15, 0.2) is 0 Å². The second-order valence-corrected chi connectivity index (χ2v) is 5.28. The van der Waals surface area contributed by atoms with E-state index in [-0.39, 0.29) is 18.0 Å². The fourth-order valence-electron chi connectivity index (χ4n) is 2.51. The molecule has 3 unspecified atom stereocenters. The molecule has 1 aliphatic carbocycles. The minimum Gasteiger partial charge on any atom is -0.487 e. The van der Waals surface area contributed by atoms with E-state index in [4.69, 9.17) is 9.47 Å². The van der Waals surface area contributed by atoms with Gasteiger partial charge in [-0.25, -0.2) is 4.39 Å². The van der Waals surface area contributed by atoms with Gasteiger partial charge in [-0.1, -0.05) is 13.0 Å². The monoisotopic (exact) mass is 281 g/mol. The van der Waals surface area contributed by atoms with E-state index in [0.29, 0.717) is 18.4 Å². The first-order chi connectivity index (χ1) is 9.65. The smallest absolute Gasteiger partial charge is 0.128 e. The third kappa shape index (κ3) is 3.49. The van der Waals surface area contributed by atoms with Crippen LogP contribution in [0.25, 0.3) is 0 Å². The van der Waals surface area contributed by atoms with E-state index in [9.17, 15) is 4.39 Å². The van der Waals surface area contributed by atoms with E-state index in [0.717, 1.165) is 24.9 Å². The number of aryl methyl sites for hydroxylation is 1. The predicted octanol–water partition coefficient (Wildman–Crippen LogP) is 3.06. The molecule has 112 valence electrons. The van der Waals surface area contributed by atoms with E-state index < -0.39 is 0 Å². The molecule has 0 amide bonds. The van der Waals surface area contributed by atoms with E-state index in [2.05, 4.69) is 12.2 Å². The highest BCUT2D eigenvalue weighted by Crippen LogP contribution is 2.31. The first-order valence-corrected chi connectivity index (χ1v) is 7.43. The SMILES string of the molecule is CCCNC1CC(Oc2cc(F)ccc2C)C1OCC. The first-order valence-electron chi connectivity index (χ1n) is 7.43. The summed E-state index contributed by atoms with van der Waals surface area (Å²) in [4.78, 5) is 0. The van der Waals surface area contributed by atoms with Crippen molar-refractivity contribution in [2.75, 3.05) is 13.2 Å². The maximum Gasteiger partial charge on any atom is 0.128 e. The Morgan fingerprint density at radius 1 is 1.35 bits per heavy atom. The van der Waals surface area contributed by atoms with Crippen molar-refractivity contribution in [3.63, 3.8) is 0 Å². The van der Waals surface area contributed by atoms with Gasteiger partial charge in [-0.05, 0) is 38.4 Å². The van der Waals surface area contributed by atoms with Crippen molar-refractivity contribution in [1.29, 1.82) is 0 Å². The Kier molecular flexibility index (Phi) is 5.38. The van der Waals surface area contributed by atoms with Crippen LogP contribution < -0.4 is 10.1 Å². The van der Waals surface area contributed by atoms with E-state index in [1.54, 1.807) is 6.07 Å². The van der Waals surface area contributed by atoms with Crippen LogP contribution in [0.5, 0.6) is 5.75 Å². The molecule has 0 bridgehead atoms. The number of rotatable bonds is 7. The molecular formula is C16H24FNO2. The Hall–Kier alpha value is -1.13. The summed E-state index contributed by atoms with van der Waals surface area (Å²) in [5.74, 6) is 0.354. The van der Waals surface area contributed by atoms with E-state index >= 15 is 0 Å². The molecule has 3 atom stereocenters. The van der Waals surface area contributed by atoms with Gasteiger partial charge >= 0.3 is 0 Å². The lowest BCUT2D eigenvalue weighted by Gasteiger charge is -2.44. The van der Waals surface area contributed by atoms with Crippen LogP contribution in [0.4, 0.5) is 4.39 Å². The van der Waals surface area contributed by atoms with Crippen molar-refractivity contribution in [2.45, 2.75) is 51.9 Å². The molecule has 1 fully saturated rings. The van der Waals surface area contributed by atoms with Crippen LogP contribution >= 0.6 is 0 Å². The third-order valence-electron chi connectivity index (χ3n) is 3.69. The zero-order valence-electron chi connectivity index (χ0n) is 12.5. The molecule has 0 aromatic heterocycles. The Labute approximate surface area is 120 Å². The summed E-state index contributed by atoms with van der Waals surface area (Å²) >= 11 is 0. The van der Waals surface area contributed by atoms with Crippen LogP contribution in [-0.2, 0) is 4.74 Å². The number of ether oxygens (including phenoxy) is 2. The van der Waals surface area contributed by atoms with Gasteiger partial charge in [-0.3, -0.25) is 0 Å². The average Bonchev–Trinajstić information content (AvgIpc) is 2.43. The predicted molar refractivity (Wildman–Crippen MR) is 77.7 cm³/mol. The molecule has 0 spiro atoms. The molecule has 0 radical (unpaired) electrons. The molecule has 1 N–H and O–H groups in total. The molecule has 0 aliphatic heterocycles. The number of hydrogen-bond donors (Lipinski definition) is 1. The third-order valence-corrected chi connectivity index (χ3v) is 3.69. The zero-order chi connectivity index (χ0) is 14.5. The largest absolute Gasteiger partial charge is 0.487 e. The van der Waals surface area contributed by atoms with Crippen molar-refractivity contribution in [3.05, 3.63) is 29.6 Å².